The maximum Gasteiger partial charge on any atom is 0.306 e. The third kappa shape index (κ3) is 6.31. The van der Waals surface area contributed by atoms with E-state index in [0.29, 0.717) is 25.2 Å². The van der Waals surface area contributed by atoms with Gasteiger partial charge in [-0.2, -0.15) is 0 Å². The van der Waals surface area contributed by atoms with Gasteiger partial charge in [-0.3, -0.25) is 4.79 Å². The van der Waals surface area contributed by atoms with Gasteiger partial charge in [0.15, 0.2) is 0 Å². The van der Waals surface area contributed by atoms with E-state index >= 15 is 0 Å². The number of ether oxygens (including phenoxy) is 2. The van der Waals surface area contributed by atoms with Crippen molar-refractivity contribution in [3.05, 3.63) is 18.2 Å². The summed E-state index contributed by atoms with van der Waals surface area (Å²) in [4.78, 5) is 11.5. The summed E-state index contributed by atoms with van der Waals surface area (Å²) in [5, 5.41) is 9.28. The number of anilines is 1. The largest absolute Gasteiger partial charge is 0.506 e. The van der Waals surface area contributed by atoms with E-state index in [-0.39, 0.29) is 17.4 Å². The lowest BCUT2D eigenvalue weighted by molar-refractivity contribution is -0.154. The molecule has 0 unspecified atom stereocenters. The Morgan fingerprint density at radius 1 is 1.30 bits per heavy atom. The summed E-state index contributed by atoms with van der Waals surface area (Å²) >= 11 is 0. The van der Waals surface area contributed by atoms with Crippen LogP contribution in [-0.4, -0.2) is 23.3 Å². The molecule has 0 bridgehead atoms. The van der Waals surface area contributed by atoms with Crippen molar-refractivity contribution < 1.29 is 19.4 Å². The van der Waals surface area contributed by atoms with Crippen LogP contribution in [0.3, 0.4) is 0 Å². The summed E-state index contributed by atoms with van der Waals surface area (Å²) in [7, 11) is 0. The van der Waals surface area contributed by atoms with Gasteiger partial charge in [0.2, 0.25) is 0 Å². The predicted octanol–water partition coefficient (Wildman–Crippen LogP) is 2.87. The Balaban J connectivity index is 2.19. The molecule has 0 spiro atoms. The fourth-order valence-corrected chi connectivity index (χ4v) is 1.58. The van der Waals surface area contributed by atoms with Crippen molar-refractivity contribution in [3.8, 4) is 11.5 Å². The molecule has 0 fully saturated rings. The van der Waals surface area contributed by atoms with Crippen molar-refractivity contribution in [2.45, 2.75) is 45.6 Å². The Morgan fingerprint density at radius 3 is 2.60 bits per heavy atom. The van der Waals surface area contributed by atoms with E-state index in [1.807, 2.05) is 20.8 Å². The van der Waals surface area contributed by atoms with Gasteiger partial charge in [0.05, 0.1) is 12.3 Å². The highest BCUT2D eigenvalue weighted by Gasteiger charge is 2.15. The summed E-state index contributed by atoms with van der Waals surface area (Å²) in [6.07, 6.45) is 1.85. The van der Waals surface area contributed by atoms with E-state index in [1.165, 1.54) is 6.07 Å². The number of phenols is 1. The van der Waals surface area contributed by atoms with Crippen molar-refractivity contribution >= 4 is 11.7 Å². The fraction of sp³-hybridized carbons (Fsp3) is 0.533. The normalized spacial score (nSPS) is 11.2. The van der Waals surface area contributed by atoms with E-state index in [9.17, 15) is 9.90 Å². The Kier molecular flexibility index (Phi) is 5.67. The molecule has 3 N–H and O–H groups in total. The van der Waals surface area contributed by atoms with Crippen LogP contribution >= 0.6 is 0 Å². The zero-order chi connectivity index (χ0) is 15.2. The second-order valence-corrected chi connectivity index (χ2v) is 5.61. The molecule has 112 valence electrons. The number of carbonyl (C=O) groups excluding carboxylic acids is 1. The summed E-state index contributed by atoms with van der Waals surface area (Å²) in [6, 6.07) is 4.72. The Labute approximate surface area is 119 Å². The average molecular weight is 281 g/mol. The monoisotopic (exact) mass is 281 g/mol. The number of phenolic OH excluding ortho intramolecular Hbond substituents is 1. The highest BCUT2D eigenvalue weighted by atomic mass is 16.6. The van der Waals surface area contributed by atoms with E-state index in [2.05, 4.69) is 0 Å². The van der Waals surface area contributed by atoms with Gasteiger partial charge in [-0.25, -0.2) is 0 Å². The second-order valence-electron chi connectivity index (χ2n) is 5.61. The molecule has 1 rings (SSSR count). The Hall–Kier alpha value is -1.91. The summed E-state index contributed by atoms with van der Waals surface area (Å²) in [6.45, 7) is 6.04. The first-order chi connectivity index (χ1) is 9.28. The molecule has 0 radical (unpaired) electrons. The number of unbranched alkanes of at least 4 members (excludes halogenated alkanes) is 1. The molecule has 0 aromatic heterocycles. The van der Waals surface area contributed by atoms with Gasteiger partial charge in [0, 0.05) is 12.5 Å². The van der Waals surface area contributed by atoms with Crippen molar-refractivity contribution in [1.29, 1.82) is 0 Å². The van der Waals surface area contributed by atoms with Crippen molar-refractivity contribution in [1.82, 2.24) is 0 Å². The quantitative estimate of drug-likeness (QED) is 0.362. The first-order valence-corrected chi connectivity index (χ1v) is 6.71. The fourth-order valence-electron chi connectivity index (χ4n) is 1.58. The van der Waals surface area contributed by atoms with Crippen LogP contribution in [0.5, 0.6) is 11.5 Å². The number of nitrogens with two attached hydrogens (primary N) is 1. The summed E-state index contributed by atoms with van der Waals surface area (Å²) < 4.78 is 10.7. The number of carbonyl (C=O) groups is 1. The SMILES string of the molecule is CC(C)(C)OC(=O)CCCCOc1ccc(O)c(N)c1. The number of hydrogen-bond acceptors (Lipinski definition) is 5. The van der Waals surface area contributed by atoms with E-state index in [4.69, 9.17) is 15.2 Å². The zero-order valence-corrected chi connectivity index (χ0v) is 12.3. The number of aromatic hydroxyl groups is 1. The number of hydrogen-bond donors (Lipinski definition) is 2. The minimum absolute atomic E-state index is 0.0438. The minimum Gasteiger partial charge on any atom is -0.506 e. The minimum atomic E-state index is -0.433. The van der Waals surface area contributed by atoms with Crippen LogP contribution in [-0.2, 0) is 9.53 Å². The van der Waals surface area contributed by atoms with Gasteiger partial charge < -0.3 is 20.3 Å². The highest BCUT2D eigenvalue weighted by Crippen LogP contribution is 2.24. The molecular weight excluding hydrogens is 258 g/mol. The lowest BCUT2D eigenvalue weighted by Gasteiger charge is -2.19. The highest BCUT2D eigenvalue weighted by molar-refractivity contribution is 5.69. The molecule has 20 heavy (non-hydrogen) atoms. The zero-order valence-electron chi connectivity index (χ0n) is 12.3. The molecule has 1 aromatic carbocycles. The Morgan fingerprint density at radius 2 is 2.00 bits per heavy atom. The molecule has 1 aromatic rings. The third-order valence-electron chi connectivity index (χ3n) is 2.46. The molecule has 0 amide bonds. The molecule has 0 aliphatic rings. The molecule has 5 heteroatoms. The van der Waals surface area contributed by atoms with Crippen LogP contribution in [0.1, 0.15) is 40.0 Å². The first kappa shape index (κ1) is 16.1. The maximum atomic E-state index is 11.5. The van der Waals surface area contributed by atoms with Crippen LogP contribution < -0.4 is 10.5 Å². The summed E-state index contributed by atoms with van der Waals surface area (Å²) in [5.74, 6) is 0.464. The average Bonchev–Trinajstić information content (AvgIpc) is 2.31. The van der Waals surface area contributed by atoms with Crippen molar-refractivity contribution in [2.24, 2.45) is 0 Å². The van der Waals surface area contributed by atoms with Crippen molar-refractivity contribution in [2.75, 3.05) is 12.3 Å². The number of esters is 1. The number of benzene rings is 1. The van der Waals surface area contributed by atoms with E-state index < -0.39 is 5.60 Å². The molecule has 0 saturated heterocycles. The maximum absolute atomic E-state index is 11.5. The van der Waals surface area contributed by atoms with Crippen LogP contribution in [0.25, 0.3) is 0 Å². The van der Waals surface area contributed by atoms with Gasteiger partial charge in [-0.15, -0.1) is 0 Å². The topological polar surface area (TPSA) is 81.8 Å². The van der Waals surface area contributed by atoms with Gasteiger partial charge >= 0.3 is 5.97 Å². The van der Waals surface area contributed by atoms with Crippen LogP contribution in [0, 0.1) is 0 Å². The molecule has 0 heterocycles. The van der Waals surface area contributed by atoms with Crippen LogP contribution in [0.15, 0.2) is 18.2 Å². The molecular formula is C15H23NO4. The number of nitrogen functional groups attached to an aromatic ring is 1. The smallest absolute Gasteiger partial charge is 0.306 e. The van der Waals surface area contributed by atoms with Gasteiger partial charge in [-0.05, 0) is 45.7 Å². The molecule has 0 atom stereocenters. The van der Waals surface area contributed by atoms with Crippen LogP contribution in [0.4, 0.5) is 5.69 Å². The lowest BCUT2D eigenvalue weighted by atomic mass is 10.2. The molecule has 0 saturated carbocycles. The Bertz CT molecular complexity index is 452. The predicted molar refractivity (Wildman–Crippen MR) is 77.7 cm³/mol. The molecule has 0 aliphatic heterocycles. The standard InChI is InChI=1S/C15H23NO4/c1-15(2,3)20-14(18)6-4-5-9-19-11-7-8-13(17)12(16)10-11/h7-8,10,17H,4-6,9,16H2,1-3H3. The van der Waals surface area contributed by atoms with Gasteiger partial charge in [0.25, 0.3) is 0 Å². The molecule has 0 aliphatic carbocycles. The van der Waals surface area contributed by atoms with E-state index in [1.54, 1.807) is 12.1 Å². The van der Waals surface area contributed by atoms with E-state index in [0.717, 1.165) is 6.42 Å². The summed E-state index contributed by atoms with van der Waals surface area (Å²) in [5.41, 5.74) is 5.41. The van der Waals surface area contributed by atoms with Gasteiger partial charge in [-0.1, -0.05) is 0 Å². The number of rotatable bonds is 6. The third-order valence-corrected chi connectivity index (χ3v) is 2.46. The second kappa shape index (κ2) is 7.03. The molecule has 5 nitrogen and oxygen atoms in total. The van der Waals surface area contributed by atoms with Gasteiger partial charge in [0.1, 0.15) is 17.1 Å². The van der Waals surface area contributed by atoms with Crippen LogP contribution in [0.2, 0.25) is 0 Å². The lowest BCUT2D eigenvalue weighted by Crippen LogP contribution is -2.23. The first-order valence-electron chi connectivity index (χ1n) is 6.71. The van der Waals surface area contributed by atoms with Crippen molar-refractivity contribution in [3.63, 3.8) is 0 Å².